The number of rotatable bonds is 5. The molecule has 2 heterocycles. The van der Waals surface area contributed by atoms with E-state index in [1.165, 1.54) is 18.4 Å². The Kier molecular flexibility index (Phi) is 4.96. The fourth-order valence-corrected chi connectivity index (χ4v) is 2.45. The van der Waals surface area contributed by atoms with Crippen LogP contribution in [0.4, 0.5) is 5.82 Å². The summed E-state index contributed by atoms with van der Waals surface area (Å²) in [5, 5.41) is 12.7. The first-order valence-electron chi connectivity index (χ1n) is 6.88. The van der Waals surface area contributed by atoms with Gasteiger partial charge in [-0.15, -0.1) is 0 Å². The number of anilines is 1. The van der Waals surface area contributed by atoms with E-state index in [1.54, 1.807) is 0 Å². The van der Waals surface area contributed by atoms with Gasteiger partial charge >= 0.3 is 0 Å². The van der Waals surface area contributed by atoms with Crippen LogP contribution in [0.1, 0.15) is 31.7 Å². The van der Waals surface area contributed by atoms with Crippen molar-refractivity contribution < 1.29 is 5.11 Å². The fourth-order valence-electron chi connectivity index (χ4n) is 2.45. The van der Waals surface area contributed by atoms with Crippen molar-refractivity contribution in [2.45, 2.75) is 38.8 Å². The number of hydrogen-bond acceptors (Lipinski definition) is 4. The summed E-state index contributed by atoms with van der Waals surface area (Å²) in [6, 6.07) is 4.43. The lowest BCUT2D eigenvalue weighted by atomic mass is 10.0. The van der Waals surface area contributed by atoms with Gasteiger partial charge in [0.05, 0.1) is 12.6 Å². The normalized spacial score (nSPS) is 20.1. The van der Waals surface area contributed by atoms with Crippen LogP contribution in [0.5, 0.6) is 0 Å². The lowest BCUT2D eigenvalue weighted by Gasteiger charge is -2.35. The number of aromatic nitrogens is 1. The van der Waals surface area contributed by atoms with Crippen molar-refractivity contribution in [2.24, 2.45) is 0 Å². The maximum Gasteiger partial charge on any atom is 0.128 e. The van der Waals surface area contributed by atoms with Gasteiger partial charge in [0.1, 0.15) is 5.82 Å². The van der Waals surface area contributed by atoms with Crippen molar-refractivity contribution in [3.8, 4) is 0 Å². The Morgan fingerprint density at radius 1 is 1.44 bits per heavy atom. The maximum atomic E-state index is 9.41. The highest BCUT2D eigenvalue weighted by molar-refractivity contribution is 5.41. The Morgan fingerprint density at radius 3 is 3.00 bits per heavy atom. The van der Waals surface area contributed by atoms with Gasteiger partial charge < -0.3 is 15.3 Å². The molecule has 1 aromatic rings. The molecule has 1 aliphatic heterocycles. The Hall–Kier alpha value is -1.13. The van der Waals surface area contributed by atoms with Crippen molar-refractivity contribution >= 4 is 5.82 Å². The Balaban J connectivity index is 2.03. The predicted molar refractivity (Wildman–Crippen MR) is 73.7 cm³/mol. The minimum Gasteiger partial charge on any atom is -0.394 e. The second kappa shape index (κ2) is 6.71. The molecule has 0 aliphatic carbocycles. The van der Waals surface area contributed by atoms with Crippen LogP contribution in [0, 0.1) is 0 Å². The molecule has 0 spiro atoms. The molecule has 1 aliphatic rings. The van der Waals surface area contributed by atoms with Gasteiger partial charge in [0.2, 0.25) is 0 Å². The highest BCUT2D eigenvalue weighted by Gasteiger charge is 2.22. The number of aliphatic hydroxyl groups is 1. The summed E-state index contributed by atoms with van der Waals surface area (Å²) in [5.74, 6) is 0.994. The van der Waals surface area contributed by atoms with Crippen molar-refractivity contribution in [1.29, 1.82) is 0 Å². The van der Waals surface area contributed by atoms with Crippen LogP contribution >= 0.6 is 0 Å². The zero-order chi connectivity index (χ0) is 12.8. The summed E-state index contributed by atoms with van der Waals surface area (Å²) in [6.45, 7) is 5.17. The number of aliphatic hydroxyl groups excluding tert-OH is 1. The number of pyridine rings is 1. The van der Waals surface area contributed by atoms with Crippen LogP contribution in [0.15, 0.2) is 18.3 Å². The largest absolute Gasteiger partial charge is 0.394 e. The monoisotopic (exact) mass is 249 g/mol. The summed E-state index contributed by atoms with van der Waals surface area (Å²) in [5.41, 5.74) is 1.21. The molecular weight excluding hydrogens is 226 g/mol. The molecule has 18 heavy (non-hydrogen) atoms. The maximum absolute atomic E-state index is 9.41. The van der Waals surface area contributed by atoms with E-state index < -0.39 is 0 Å². The average molecular weight is 249 g/mol. The Bertz CT molecular complexity index is 353. The van der Waals surface area contributed by atoms with E-state index in [0.717, 1.165) is 31.9 Å². The molecule has 1 unspecified atom stereocenters. The van der Waals surface area contributed by atoms with Crippen LogP contribution in [0.25, 0.3) is 0 Å². The van der Waals surface area contributed by atoms with Crippen molar-refractivity contribution in [3.05, 3.63) is 23.9 Å². The molecule has 4 heteroatoms. The van der Waals surface area contributed by atoms with Crippen LogP contribution in [0.2, 0.25) is 0 Å². The molecular formula is C14H23N3O. The summed E-state index contributed by atoms with van der Waals surface area (Å²) >= 11 is 0. The smallest absolute Gasteiger partial charge is 0.128 e. The third kappa shape index (κ3) is 3.21. The second-order valence-electron chi connectivity index (χ2n) is 4.83. The lowest BCUT2D eigenvalue weighted by Crippen LogP contribution is -2.42. The molecule has 1 fully saturated rings. The summed E-state index contributed by atoms with van der Waals surface area (Å²) in [4.78, 5) is 6.76. The molecule has 0 amide bonds. The van der Waals surface area contributed by atoms with Gasteiger partial charge in [0, 0.05) is 19.3 Å². The first-order chi connectivity index (χ1) is 8.85. The molecule has 0 radical (unpaired) electrons. The zero-order valence-corrected chi connectivity index (χ0v) is 11.1. The van der Waals surface area contributed by atoms with E-state index in [9.17, 15) is 5.11 Å². The molecule has 0 saturated carbocycles. The third-order valence-corrected chi connectivity index (χ3v) is 3.52. The van der Waals surface area contributed by atoms with Crippen LogP contribution in [0.3, 0.4) is 0 Å². The number of nitrogens with one attached hydrogen (secondary N) is 1. The van der Waals surface area contributed by atoms with Gasteiger partial charge in [-0.2, -0.15) is 0 Å². The Morgan fingerprint density at radius 2 is 2.33 bits per heavy atom. The summed E-state index contributed by atoms with van der Waals surface area (Å²) in [7, 11) is 0. The van der Waals surface area contributed by atoms with Crippen LogP contribution < -0.4 is 10.2 Å². The van der Waals surface area contributed by atoms with Crippen LogP contribution in [-0.4, -0.2) is 35.8 Å². The molecule has 0 bridgehead atoms. The third-order valence-electron chi connectivity index (χ3n) is 3.52. The van der Waals surface area contributed by atoms with E-state index >= 15 is 0 Å². The predicted octanol–water partition coefficient (Wildman–Crippen LogP) is 1.54. The molecule has 2 N–H and O–H groups in total. The van der Waals surface area contributed by atoms with Gasteiger partial charge in [0.25, 0.3) is 0 Å². The van der Waals surface area contributed by atoms with E-state index in [4.69, 9.17) is 0 Å². The molecule has 1 atom stereocenters. The van der Waals surface area contributed by atoms with E-state index in [0.29, 0.717) is 0 Å². The Labute approximate surface area is 109 Å². The highest BCUT2D eigenvalue weighted by Crippen LogP contribution is 2.22. The van der Waals surface area contributed by atoms with Gasteiger partial charge in [-0.25, -0.2) is 4.98 Å². The molecule has 100 valence electrons. The van der Waals surface area contributed by atoms with Crippen molar-refractivity contribution in [3.63, 3.8) is 0 Å². The molecule has 1 saturated heterocycles. The summed E-state index contributed by atoms with van der Waals surface area (Å²) in [6.07, 6.45) is 5.40. The minimum atomic E-state index is 0.223. The topological polar surface area (TPSA) is 48.4 Å². The number of piperidine rings is 1. The van der Waals surface area contributed by atoms with E-state index in [-0.39, 0.29) is 12.6 Å². The van der Waals surface area contributed by atoms with Gasteiger partial charge in [-0.05, 0) is 37.4 Å². The second-order valence-corrected chi connectivity index (χ2v) is 4.83. The number of hydrogen-bond donors (Lipinski definition) is 2. The van der Waals surface area contributed by atoms with Gasteiger partial charge in [0.15, 0.2) is 0 Å². The van der Waals surface area contributed by atoms with Gasteiger partial charge in [-0.1, -0.05) is 13.0 Å². The first kappa shape index (κ1) is 13.3. The molecule has 1 aromatic heterocycles. The zero-order valence-electron chi connectivity index (χ0n) is 11.1. The molecule has 4 nitrogen and oxygen atoms in total. The lowest BCUT2D eigenvalue weighted by molar-refractivity contribution is 0.239. The quantitative estimate of drug-likeness (QED) is 0.831. The summed E-state index contributed by atoms with van der Waals surface area (Å²) < 4.78 is 0. The minimum absolute atomic E-state index is 0.223. The average Bonchev–Trinajstić information content (AvgIpc) is 2.45. The standard InChI is InChI=1S/C14H23N3O/c1-2-15-9-12-6-7-14(16-10-12)17-8-4-3-5-13(17)11-18/h6-7,10,13,15,18H,2-5,8-9,11H2,1H3. The first-order valence-corrected chi connectivity index (χ1v) is 6.88. The van der Waals surface area contributed by atoms with Crippen molar-refractivity contribution in [1.82, 2.24) is 10.3 Å². The van der Waals surface area contributed by atoms with Crippen LogP contribution in [-0.2, 0) is 6.54 Å². The van der Waals surface area contributed by atoms with E-state index in [2.05, 4.69) is 34.3 Å². The SMILES string of the molecule is CCNCc1ccc(N2CCCCC2CO)nc1. The van der Waals surface area contributed by atoms with E-state index in [1.807, 2.05) is 6.20 Å². The van der Waals surface area contributed by atoms with Gasteiger partial charge in [-0.3, -0.25) is 0 Å². The molecule has 2 rings (SSSR count). The molecule has 0 aromatic carbocycles. The fraction of sp³-hybridized carbons (Fsp3) is 0.643. The number of nitrogens with zero attached hydrogens (tertiary/aromatic N) is 2. The highest BCUT2D eigenvalue weighted by atomic mass is 16.3. The van der Waals surface area contributed by atoms with Crippen molar-refractivity contribution in [2.75, 3.05) is 24.6 Å².